The van der Waals surface area contributed by atoms with E-state index in [0.717, 1.165) is 88.7 Å². The molecular formula is C45H43FN4O7S. The number of piperidine rings is 1. The summed E-state index contributed by atoms with van der Waals surface area (Å²) in [7, 11) is -4.30. The summed E-state index contributed by atoms with van der Waals surface area (Å²) < 4.78 is 70.8. The molecule has 298 valence electrons. The summed E-state index contributed by atoms with van der Waals surface area (Å²) >= 11 is 0. The summed E-state index contributed by atoms with van der Waals surface area (Å²) in [5.74, 6) is 3.30. The lowest BCUT2D eigenvalue weighted by molar-refractivity contribution is 0.0492. The summed E-state index contributed by atoms with van der Waals surface area (Å²) in [5.41, 5.74) is 5.36. The minimum Gasteiger partial charge on any atom is -0.486 e. The van der Waals surface area contributed by atoms with Crippen LogP contribution in [0.5, 0.6) is 23.0 Å². The van der Waals surface area contributed by atoms with Gasteiger partial charge in [0.2, 0.25) is 0 Å². The molecule has 1 fully saturated rings. The van der Waals surface area contributed by atoms with E-state index in [2.05, 4.69) is 19.9 Å². The number of aromatic nitrogens is 3. The number of likely N-dealkylation sites (tertiary alicyclic amines) is 1. The van der Waals surface area contributed by atoms with E-state index in [9.17, 15) is 17.4 Å². The van der Waals surface area contributed by atoms with Gasteiger partial charge < -0.3 is 23.9 Å². The molecule has 0 aliphatic carbocycles. The van der Waals surface area contributed by atoms with Crippen LogP contribution in [0.3, 0.4) is 0 Å². The van der Waals surface area contributed by atoms with Crippen LogP contribution in [0.2, 0.25) is 0 Å². The number of aromatic amines is 1. The van der Waals surface area contributed by atoms with Crippen molar-refractivity contribution in [3.63, 3.8) is 0 Å². The van der Waals surface area contributed by atoms with Crippen molar-refractivity contribution >= 4 is 42.8 Å². The minimum atomic E-state index is -4.30. The van der Waals surface area contributed by atoms with Gasteiger partial charge in [-0.05, 0) is 129 Å². The maximum atomic E-state index is 13.7. The highest BCUT2D eigenvalue weighted by atomic mass is 32.2. The van der Waals surface area contributed by atoms with Crippen LogP contribution >= 0.6 is 0 Å². The Morgan fingerprint density at radius 1 is 0.776 bits per heavy atom. The zero-order valence-corrected chi connectivity index (χ0v) is 32.8. The Hall–Kier alpha value is -5.76. The lowest BCUT2D eigenvalue weighted by Crippen LogP contribution is -2.44. The molecule has 0 radical (unpaired) electrons. The zero-order valence-electron chi connectivity index (χ0n) is 31.9. The molecule has 3 aromatic heterocycles. The third-order valence-corrected chi connectivity index (χ3v) is 12.1. The fourth-order valence-corrected chi connectivity index (χ4v) is 9.01. The Labute approximate surface area is 335 Å². The van der Waals surface area contributed by atoms with Gasteiger partial charge in [0.05, 0.1) is 15.9 Å². The second kappa shape index (κ2) is 15.9. The van der Waals surface area contributed by atoms with Crippen molar-refractivity contribution < 1.29 is 36.3 Å². The van der Waals surface area contributed by atoms with Gasteiger partial charge in [-0.2, -0.15) is 8.42 Å². The third kappa shape index (κ3) is 8.02. The van der Waals surface area contributed by atoms with Crippen molar-refractivity contribution in [2.24, 2.45) is 5.92 Å². The molecule has 3 aliphatic rings. The van der Waals surface area contributed by atoms with Crippen LogP contribution in [0.15, 0.2) is 108 Å². The molecule has 7 aromatic rings. The quantitative estimate of drug-likeness (QED) is 0.152. The number of benzene rings is 4. The summed E-state index contributed by atoms with van der Waals surface area (Å²) in [6, 6.07) is 25.1. The van der Waals surface area contributed by atoms with Gasteiger partial charge in [-0.1, -0.05) is 17.7 Å². The molecule has 2 atom stereocenters. The van der Waals surface area contributed by atoms with Crippen LogP contribution in [0, 0.1) is 18.7 Å². The molecule has 0 bridgehead atoms. The smallest absolute Gasteiger partial charge is 0.294 e. The number of hydrogen-bond acceptors (Lipinski definition) is 9. The Bertz CT molecular complexity index is 2730. The van der Waals surface area contributed by atoms with Gasteiger partial charge in [0, 0.05) is 53.2 Å². The lowest BCUT2D eigenvalue weighted by atomic mass is 9.90. The Morgan fingerprint density at radius 2 is 1.43 bits per heavy atom. The number of hydrogen-bond donors (Lipinski definition) is 2. The highest BCUT2D eigenvalue weighted by Gasteiger charge is 2.29. The fraction of sp³-hybridized carbons (Fsp3) is 0.289. The van der Waals surface area contributed by atoms with Crippen molar-refractivity contribution in [1.29, 1.82) is 0 Å². The van der Waals surface area contributed by atoms with Gasteiger partial charge in [-0.15, -0.1) is 0 Å². The van der Waals surface area contributed by atoms with Crippen LogP contribution in [-0.4, -0.2) is 77.9 Å². The molecule has 0 amide bonds. The first-order valence-electron chi connectivity index (χ1n) is 19.5. The van der Waals surface area contributed by atoms with Gasteiger partial charge in [0.1, 0.15) is 31.2 Å². The Balaban J connectivity index is 0.000000154. The molecule has 6 heterocycles. The average molecular weight is 803 g/mol. The zero-order chi connectivity index (χ0) is 39.8. The molecular weight excluding hydrogens is 760 g/mol. The molecule has 4 aromatic carbocycles. The summed E-state index contributed by atoms with van der Waals surface area (Å²) in [5, 5.41) is 2.86. The van der Waals surface area contributed by atoms with Gasteiger partial charge in [-0.25, -0.2) is 4.39 Å². The van der Waals surface area contributed by atoms with Crippen LogP contribution in [0.4, 0.5) is 4.39 Å². The van der Waals surface area contributed by atoms with E-state index < -0.39 is 10.1 Å². The molecule has 3 aliphatic heterocycles. The summed E-state index contributed by atoms with van der Waals surface area (Å²) in [4.78, 5) is 14.4. The van der Waals surface area contributed by atoms with Crippen molar-refractivity contribution in [3.8, 4) is 23.0 Å². The number of pyridine rings is 2. The van der Waals surface area contributed by atoms with E-state index in [1.54, 1.807) is 30.6 Å². The van der Waals surface area contributed by atoms with Gasteiger partial charge in [0.25, 0.3) is 10.1 Å². The average Bonchev–Trinajstić information content (AvgIpc) is 3.62. The van der Waals surface area contributed by atoms with E-state index in [1.165, 1.54) is 17.7 Å². The van der Waals surface area contributed by atoms with Crippen molar-refractivity contribution in [1.82, 2.24) is 19.9 Å². The van der Waals surface area contributed by atoms with E-state index in [-0.39, 0.29) is 29.5 Å². The van der Waals surface area contributed by atoms with Gasteiger partial charge >= 0.3 is 0 Å². The van der Waals surface area contributed by atoms with Gasteiger partial charge in [-0.3, -0.25) is 19.4 Å². The van der Waals surface area contributed by atoms with E-state index in [4.69, 9.17) is 18.9 Å². The second-order valence-corrected chi connectivity index (χ2v) is 16.7. The summed E-state index contributed by atoms with van der Waals surface area (Å²) in [6.45, 7) is 5.68. The number of aryl methyl sites for hydroxylation is 1. The molecule has 2 N–H and O–H groups in total. The number of H-pyrrole nitrogens is 1. The first-order valence-corrected chi connectivity index (χ1v) is 21.0. The predicted octanol–water partition coefficient (Wildman–Crippen LogP) is 8.12. The standard InChI is InChI=1S/C26H26FN3O2.C19H17NO5S/c27-19-3-4-24-22(13-19)18(14-29-24)12-17-7-10-30(11-8-17)15-20-16-31-25-6-5-23-21(26(25)32-20)2-1-9-28-23;1-12-4-7-18(26(21,22)23)13(9-12)10-14-11-24-17-6-5-16-15(19(17)25-14)3-2-8-20-16/h1-6,9,13-14,17,20,29H,7-8,10-12,15-16H2;2-9,14H,10-11H2,1H3,(H,21,22,23)/t;14-/m.1/s1. The summed E-state index contributed by atoms with van der Waals surface area (Å²) in [6.07, 6.45) is 8.75. The van der Waals surface area contributed by atoms with Crippen LogP contribution < -0.4 is 18.9 Å². The van der Waals surface area contributed by atoms with Crippen LogP contribution in [-0.2, 0) is 23.0 Å². The lowest BCUT2D eigenvalue weighted by Gasteiger charge is -2.36. The van der Waals surface area contributed by atoms with Crippen LogP contribution in [0.1, 0.15) is 29.5 Å². The number of nitrogens with one attached hydrogen (secondary N) is 1. The maximum absolute atomic E-state index is 13.7. The first-order chi connectivity index (χ1) is 28.1. The van der Waals surface area contributed by atoms with Gasteiger partial charge in [0.15, 0.2) is 23.0 Å². The molecule has 11 nitrogen and oxygen atoms in total. The molecule has 13 heteroatoms. The highest BCUT2D eigenvalue weighted by molar-refractivity contribution is 7.85. The highest BCUT2D eigenvalue weighted by Crippen LogP contribution is 2.40. The molecule has 58 heavy (non-hydrogen) atoms. The van der Waals surface area contributed by atoms with E-state index >= 15 is 0 Å². The molecule has 0 saturated carbocycles. The monoisotopic (exact) mass is 802 g/mol. The molecule has 1 unspecified atom stereocenters. The number of fused-ring (bicyclic) bond motifs is 7. The Morgan fingerprint density at radius 3 is 2.10 bits per heavy atom. The molecule has 1 saturated heterocycles. The topological polar surface area (TPSA) is 136 Å². The maximum Gasteiger partial charge on any atom is 0.294 e. The van der Waals surface area contributed by atoms with Crippen molar-refractivity contribution in [3.05, 3.63) is 126 Å². The minimum absolute atomic E-state index is 0.0152. The SMILES string of the molecule is Cc1ccc(S(=O)(=O)O)c(C[C@@H]2COc3ccc4ncccc4c3O2)c1.Fc1ccc2[nH]cc(CC3CCN(CC4COc5ccc6ncccc6c5O4)CC3)c2c1. The largest absolute Gasteiger partial charge is 0.486 e. The third-order valence-electron chi connectivity index (χ3n) is 11.2. The van der Waals surface area contributed by atoms with Crippen molar-refractivity contribution in [2.75, 3.05) is 32.8 Å². The Kier molecular flexibility index (Phi) is 10.3. The number of halogens is 1. The number of ether oxygens (including phenoxy) is 4. The predicted molar refractivity (Wildman–Crippen MR) is 219 cm³/mol. The molecule has 0 spiro atoms. The first kappa shape index (κ1) is 37.8. The van der Waals surface area contributed by atoms with E-state index in [1.807, 2.05) is 67.7 Å². The number of rotatable bonds is 7. The van der Waals surface area contributed by atoms with Crippen LogP contribution in [0.25, 0.3) is 32.7 Å². The molecule has 10 rings (SSSR count). The normalized spacial score (nSPS) is 18.3. The second-order valence-electron chi connectivity index (χ2n) is 15.3. The fourth-order valence-electron chi connectivity index (χ4n) is 8.29. The number of nitrogens with zero attached hydrogens (tertiary/aromatic N) is 3. The van der Waals surface area contributed by atoms with E-state index in [0.29, 0.717) is 36.0 Å². The van der Waals surface area contributed by atoms with Crippen molar-refractivity contribution in [2.45, 2.75) is 49.7 Å².